The van der Waals surface area contributed by atoms with E-state index in [-0.39, 0.29) is 23.2 Å². The summed E-state index contributed by atoms with van der Waals surface area (Å²) in [4.78, 5) is 21.2. The number of hydrogen-bond acceptors (Lipinski definition) is 7. The van der Waals surface area contributed by atoms with Crippen molar-refractivity contribution < 1.29 is 26.7 Å². The van der Waals surface area contributed by atoms with Gasteiger partial charge in [0.1, 0.15) is 11.6 Å². The molecule has 0 fully saturated rings. The molecule has 0 saturated carbocycles. The number of rotatable bonds is 15. The zero-order chi connectivity index (χ0) is 38.0. The molecule has 0 radical (unpaired) electrons. The Labute approximate surface area is 316 Å². The number of H-pyrrole nitrogens is 1. The van der Waals surface area contributed by atoms with Crippen LogP contribution in [0.25, 0.3) is 22.3 Å². The maximum Gasteiger partial charge on any atom is 0.308 e. The molecule has 0 aliphatic carbocycles. The van der Waals surface area contributed by atoms with E-state index >= 15 is 8.78 Å². The summed E-state index contributed by atoms with van der Waals surface area (Å²) in [5, 5.41) is 6.68. The summed E-state index contributed by atoms with van der Waals surface area (Å²) in [7, 11) is -0.333. The summed E-state index contributed by atoms with van der Waals surface area (Å²) in [5.74, 6) is -0.839. The van der Waals surface area contributed by atoms with Crippen molar-refractivity contribution >= 4 is 54.4 Å². The summed E-state index contributed by atoms with van der Waals surface area (Å²) in [6, 6.07) is 15.8. The van der Waals surface area contributed by atoms with Gasteiger partial charge in [-0.3, -0.25) is 4.79 Å². The molecule has 3 aromatic carbocycles. The maximum absolute atomic E-state index is 15.6. The fourth-order valence-corrected chi connectivity index (χ4v) is 9.61. The van der Waals surface area contributed by atoms with E-state index in [4.69, 9.17) is 14.8 Å². The number of nitrogens with zero attached hydrogens (tertiary/aromatic N) is 3. The first kappa shape index (κ1) is 39.4. The first-order valence-corrected chi connectivity index (χ1v) is 20.2. The Morgan fingerprint density at radius 3 is 2.58 bits per heavy atom. The number of fused-ring (bicyclic) bond motifs is 1. The molecule has 5 rings (SSSR count). The maximum atomic E-state index is 15.6. The molecule has 0 amide bonds. The fourth-order valence-electron chi connectivity index (χ4n) is 6.58. The van der Waals surface area contributed by atoms with Crippen LogP contribution >= 0.6 is 27.7 Å². The molecule has 13 heteroatoms. The Kier molecular flexibility index (Phi) is 11.9. The third-order valence-electron chi connectivity index (χ3n) is 9.44. The number of methoxy groups -OCH3 is 1. The zero-order valence-electron chi connectivity index (χ0n) is 30.1. The number of esters is 1. The minimum absolute atomic E-state index is 0.0275. The van der Waals surface area contributed by atoms with Crippen molar-refractivity contribution in [1.82, 2.24) is 19.7 Å². The quantitative estimate of drug-likeness (QED) is 0.105. The number of carbonyl (C=O) groups excluding carboxylic acids is 1. The minimum atomic E-state index is -3.41. The minimum Gasteiger partial charge on any atom is -0.469 e. The highest BCUT2D eigenvalue weighted by atomic mass is 79.9. The van der Waals surface area contributed by atoms with Crippen LogP contribution in [0.1, 0.15) is 63.9 Å². The first-order valence-electron chi connectivity index (χ1n) is 16.8. The molecule has 0 unspecified atom stereocenters. The second kappa shape index (κ2) is 15.7. The van der Waals surface area contributed by atoms with Crippen molar-refractivity contribution in [2.75, 3.05) is 12.9 Å². The average Bonchev–Trinajstić information content (AvgIpc) is 3.73. The van der Waals surface area contributed by atoms with Crippen molar-refractivity contribution in [3.8, 4) is 11.4 Å². The average molecular weight is 814 g/mol. The summed E-state index contributed by atoms with van der Waals surface area (Å²) >= 11 is 4.73. The van der Waals surface area contributed by atoms with Gasteiger partial charge in [0.25, 0.3) is 0 Å². The Balaban J connectivity index is 1.52. The third-order valence-corrected chi connectivity index (χ3v) is 13.3. The molecule has 276 valence electrons. The Morgan fingerprint density at radius 2 is 1.87 bits per heavy atom. The standard InChI is InChI=1S/C39H43BrF2N4O4S2/c1-8-52(48,49)23-38(3,4)16-10-17-39(5,26-12-9-11-25(20-26)19-24(2)36(47)50-7)37-44-35(46(6)45-37)29-21-27(13-14-30(29)41)51-34-31(42)22-32-28(33(34)40)15-18-43-32/h8-9,11-15,18,20-22,24,43H,1,10,16-17,19,23H2,2-7H3/t24-,39+/m0/s1. The van der Waals surface area contributed by atoms with E-state index < -0.39 is 32.3 Å². The number of sulfone groups is 1. The van der Waals surface area contributed by atoms with Crippen molar-refractivity contribution in [3.63, 3.8) is 0 Å². The van der Waals surface area contributed by atoms with Gasteiger partial charge in [-0.15, -0.1) is 0 Å². The van der Waals surface area contributed by atoms with E-state index in [0.29, 0.717) is 57.1 Å². The van der Waals surface area contributed by atoms with Gasteiger partial charge in [0.05, 0.1) is 34.7 Å². The van der Waals surface area contributed by atoms with Gasteiger partial charge in [0.2, 0.25) is 0 Å². The van der Waals surface area contributed by atoms with E-state index in [1.54, 1.807) is 30.1 Å². The first-order chi connectivity index (χ1) is 24.5. The van der Waals surface area contributed by atoms with Crippen LogP contribution in [0.5, 0.6) is 0 Å². The number of nitrogens with one attached hydrogen (secondary N) is 1. The highest BCUT2D eigenvalue weighted by Crippen LogP contribution is 2.42. The van der Waals surface area contributed by atoms with Crippen LogP contribution < -0.4 is 0 Å². The van der Waals surface area contributed by atoms with Crippen molar-refractivity contribution in [1.29, 1.82) is 0 Å². The van der Waals surface area contributed by atoms with Crippen LogP contribution in [-0.4, -0.2) is 47.0 Å². The second-order valence-corrected chi connectivity index (χ2v) is 18.0. The molecule has 0 saturated heterocycles. The summed E-state index contributed by atoms with van der Waals surface area (Å²) in [6.07, 6.45) is 4.00. The van der Waals surface area contributed by atoms with E-state index in [9.17, 15) is 13.2 Å². The molecule has 2 heterocycles. The number of aromatic amines is 1. The smallest absolute Gasteiger partial charge is 0.308 e. The van der Waals surface area contributed by atoms with Crippen molar-refractivity contribution in [2.24, 2.45) is 18.4 Å². The van der Waals surface area contributed by atoms with Gasteiger partial charge in [-0.25, -0.2) is 26.9 Å². The zero-order valence-corrected chi connectivity index (χ0v) is 33.3. The predicted octanol–water partition coefficient (Wildman–Crippen LogP) is 9.57. The lowest BCUT2D eigenvalue weighted by Gasteiger charge is -2.30. The third kappa shape index (κ3) is 8.69. The Hall–Kier alpha value is -3.81. The number of halogens is 3. The lowest BCUT2D eigenvalue weighted by atomic mass is 9.75. The molecule has 2 aromatic heterocycles. The molecular weight excluding hydrogens is 770 g/mol. The summed E-state index contributed by atoms with van der Waals surface area (Å²) < 4.78 is 62.7. The van der Waals surface area contributed by atoms with E-state index in [1.165, 1.54) is 31.0 Å². The van der Waals surface area contributed by atoms with Gasteiger partial charge >= 0.3 is 5.97 Å². The largest absolute Gasteiger partial charge is 0.469 e. The number of benzene rings is 3. The molecule has 0 bridgehead atoms. The lowest BCUT2D eigenvalue weighted by Crippen LogP contribution is -2.28. The van der Waals surface area contributed by atoms with Gasteiger partial charge in [-0.1, -0.05) is 69.8 Å². The molecule has 52 heavy (non-hydrogen) atoms. The lowest BCUT2D eigenvalue weighted by molar-refractivity contribution is -0.144. The van der Waals surface area contributed by atoms with Crippen LogP contribution in [0, 0.1) is 23.0 Å². The van der Waals surface area contributed by atoms with Crippen molar-refractivity contribution in [2.45, 2.75) is 68.6 Å². The predicted molar refractivity (Wildman–Crippen MR) is 206 cm³/mol. The van der Waals surface area contributed by atoms with Crippen LogP contribution in [0.3, 0.4) is 0 Å². The Bertz CT molecular complexity index is 2230. The normalized spacial score (nSPS) is 13.9. The number of aromatic nitrogens is 4. The molecule has 2 atom stereocenters. The molecule has 0 aliphatic heterocycles. The number of carbonyl (C=O) groups is 1. The fraction of sp³-hybridized carbons (Fsp3) is 0.359. The second-order valence-electron chi connectivity index (χ2n) is 14.2. The van der Waals surface area contributed by atoms with Crippen LogP contribution in [-0.2, 0) is 38.3 Å². The number of ether oxygens (including phenoxy) is 1. The number of aryl methyl sites for hydroxylation is 1. The summed E-state index contributed by atoms with van der Waals surface area (Å²) in [6.45, 7) is 11.2. The van der Waals surface area contributed by atoms with Gasteiger partial charge in [-0.2, -0.15) is 5.10 Å². The van der Waals surface area contributed by atoms with E-state index in [1.807, 2.05) is 58.0 Å². The van der Waals surface area contributed by atoms with Gasteiger partial charge in [0.15, 0.2) is 21.5 Å². The van der Waals surface area contributed by atoms with E-state index in [2.05, 4.69) is 27.5 Å². The topological polar surface area (TPSA) is 107 Å². The van der Waals surface area contributed by atoms with Crippen LogP contribution in [0.4, 0.5) is 8.78 Å². The molecule has 8 nitrogen and oxygen atoms in total. The van der Waals surface area contributed by atoms with Gasteiger partial charge in [-0.05, 0) is 89.0 Å². The Morgan fingerprint density at radius 1 is 1.12 bits per heavy atom. The highest BCUT2D eigenvalue weighted by molar-refractivity contribution is 9.10. The van der Waals surface area contributed by atoms with Gasteiger partial charge < -0.3 is 9.72 Å². The molecule has 0 aliphatic rings. The molecular formula is C39H43BrF2N4O4S2. The molecule has 0 spiro atoms. The highest BCUT2D eigenvalue weighted by Gasteiger charge is 2.36. The van der Waals surface area contributed by atoms with Crippen LogP contribution in [0.2, 0.25) is 0 Å². The van der Waals surface area contributed by atoms with Gasteiger partial charge in [0, 0.05) is 38.9 Å². The monoisotopic (exact) mass is 812 g/mol. The molecule has 1 N–H and O–H groups in total. The van der Waals surface area contributed by atoms with E-state index in [0.717, 1.165) is 21.9 Å². The molecule has 5 aromatic rings. The van der Waals surface area contributed by atoms with Crippen LogP contribution in [0.15, 0.2) is 87.0 Å². The number of hydrogen-bond donors (Lipinski definition) is 1. The van der Waals surface area contributed by atoms with Crippen molar-refractivity contribution in [3.05, 3.63) is 106 Å². The SMILES string of the molecule is C=CS(=O)(=O)CC(C)(C)CCC[C@](C)(c1cccc(C[C@H](C)C(=O)OC)c1)c1nc(-c2cc(Sc3c(F)cc4[nH]ccc4c3Br)ccc2F)n(C)n1. The summed E-state index contributed by atoms with van der Waals surface area (Å²) in [5.41, 5.74) is 1.41.